The highest BCUT2D eigenvalue weighted by atomic mass is 32.1. The van der Waals surface area contributed by atoms with Crippen molar-refractivity contribution in [1.29, 1.82) is 0 Å². The van der Waals surface area contributed by atoms with E-state index in [9.17, 15) is 0 Å². The van der Waals surface area contributed by atoms with Gasteiger partial charge in [0.15, 0.2) is 5.13 Å². The first-order valence-corrected chi connectivity index (χ1v) is 5.37. The van der Waals surface area contributed by atoms with Crippen molar-refractivity contribution in [2.45, 2.75) is 0 Å². The number of benzene rings is 1. The molecule has 1 aromatic heterocycles. The van der Waals surface area contributed by atoms with Crippen LogP contribution >= 0.6 is 11.3 Å². The summed E-state index contributed by atoms with van der Waals surface area (Å²) in [4.78, 5) is 4.20. The topological polar surface area (TPSA) is 77.0 Å². The summed E-state index contributed by atoms with van der Waals surface area (Å²) >= 11 is 1.43. The number of nitrogen functional groups attached to an aromatic ring is 2. The van der Waals surface area contributed by atoms with Gasteiger partial charge in [-0.05, 0) is 12.1 Å². The van der Waals surface area contributed by atoms with Crippen LogP contribution in [0.5, 0.6) is 0 Å². The number of hydrogen-bond acceptors (Lipinski definition) is 5. The van der Waals surface area contributed by atoms with Crippen molar-refractivity contribution in [1.82, 2.24) is 4.98 Å². The average molecular weight is 220 g/mol. The van der Waals surface area contributed by atoms with Gasteiger partial charge in [0.2, 0.25) is 0 Å². The van der Waals surface area contributed by atoms with Crippen LogP contribution in [-0.4, -0.2) is 12.0 Å². The zero-order chi connectivity index (χ0) is 10.8. The fourth-order valence-corrected chi connectivity index (χ4v) is 1.94. The summed E-state index contributed by atoms with van der Waals surface area (Å²) in [6.07, 6.45) is 0. The Morgan fingerprint density at radius 2 is 2.13 bits per heavy atom. The van der Waals surface area contributed by atoms with Crippen molar-refractivity contribution in [2.24, 2.45) is 0 Å². The van der Waals surface area contributed by atoms with Gasteiger partial charge in [0.25, 0.3) is 0 Å². The summed E-state index contributed by atoms with van der Waals surface area (Å²) in [7, 11) is 1.84. The summed E-state index contributed by atoms with van der Waals surface area (Å²) in [6.45, 7) is 0. The number of aromatic nitrogens is 1. The van der Waals surface area contributed by atoms with Gasteiger partial charge in [-0.3, -0.25) is 0 Å². The minimum atomic E-state index is 0.571. The number of nitrogens with zero attached hydrogens (tertiary/aromatic N) is 1. The first-order valence-electron chi connectivity index (χ1n) is 4.49. The number of thiazole rings is 1. The van der Waals surface area contributed by atoms with Crippen LogP contribution in [0.15, 0.2) is 23.6 Å². The van der Waals surface area contributed by atoms with Crippen molar-refractivity contribution in [3.8, 4) is 11.3 Å². The smallest absolute Gasteiger partial charge is 0.180 e. The van der Waals surface area contributed by atoms with Gasteiger partial charge in [-0.15, -0.1) is 11.3 Å². The van der Waals surface area contributed by atoms with Gasteiger partial charge in [-0.2, -0.15) is 0 Å². The standard InChI is InChI=1S/C10H12N4S/c1-13-8-3-2-6(4-7(8)11)9-5-15-10(12)14-9/h2-5,13H,11H2,1H3,(H2,12,14). The monoisotopic (exact) mass is 220 g/mol. The Morgan fingerprint density at radius 3 is 2.67 bits per heavy atom. The molecule has 0 amide bonds. The van der Waals surface area contributed by atoms with Crippen LogP contribution in [0.2, 0.25) is 0 Å². The number of anilines is 3. The van der Waals surface area contributed by atoms with Crippen LogP contribution in [0, 0.1) is 0 Å². The molecule has 0 spiro atoms. The molecule has 0 atom stereocenters. The molecule has 5 heteroatoms. The Morgan fingerprint density at radius 1 is 1.33 bits per heavy atom. The van der Waals surface area contributed by atoms with E-state index in [-0.39, 0.29) is 0 Å². The van der Waals surface area contributed by atoms with E-state index in [1.807, 2.05) is 30.6 Å². The maximum absolute atomic E-state index is 5.86. The second kappa shape index (κ2) is 3.78. The van der Waals surface area contributed by atoms with E-state index in [0.29, 0.717) is 10.8 Å². The summed E-state index contributed by atoms with van der Waals surface area (Å²) in [5.74, 6) is 0. The number of nitrogens with two attached hydrogens (primary N) is 2. The molecular formula is C10H12N4S. The third-order valence-electron chi connectivity index (χ3n) is 2.14. The lowest BCUT2D eigenvalue weighted by Gasteiger charge is -2.05. The molecule has 1 heterocycles. The summed E-state index contributed by atoms with van der Waals surface area (Å²) in [6, 6.07) is 5.79. The van der Waals surface area contributed by atoms with Crippen LogP contribution in [0.3, 0.4) is 0 Å². The van der Waals surface area contributed by atoms with Gasteiger partial charge >= 0.3 is 0 Å². The molecule has 0 unspecified atom stereocenters. The maximum atomic E-state index is 5.86. The van der Waals surface area contributed by atoms with Crippen molar-refractivity contribution in [3.05, 3.63) is 23.6 Å². The summed E-state index contributed by atoms with van der Waals surface area (Å²) in [5, 5.41) is 5.50. The van der Waals surface area contributed by atoms with Crippen molar-refractivity contribution in [2.75, 3.05) is 23.8 Å². The molecule has 0 fully saturated rings. The van der Waals surface area contributed by atoms with Crippen LogP contribution in [-0.2, 0) is 0 Å². The third kappa shape index (κ3) is 1.87. The van der Waals surface area contributed by atoms with Gasteiger partial charge < -0.3 is 16.8 Å². The molecule has 5 N–H and O–H groups in total. The fraction of sp³-hybridized carbons (Fsp3) is 0.100. The van der Waals surface area contributed by atoms with E-state index < -0.39 is 0 Å². The third-order valence-corrected chi connectivity index (χ3v) is 2.81. The fourth-order valence-electron chi connectivity index (χ4n) is 1.37. The highest BCUT2D eigenvalue weighted by Crippen LogP contribution is 2.28. The molecule has 0 aliphatic rings. The zero-order valence-electron chi connectivity index (χ0n) is 8.32. The highest BCUT2D eigenvalue weighted by molar-refractivity contribution is 7.13. The minimum absolute atomic E-state index is 0.571. The molecular weight excluding hydrogens is 208 g/mol. The molecule has 15 heavy (non-hydrogen) atoms. The average Bonchev–Trinajstić information content (AvgIpc) is 2.65. The molecule has 0 aliphatic carbocycles. The number of hydrogen-bond donors (Lipinski definition) is 3. The van der Waals surface area contributed by atoms with Crippen LogP contribution in [0.25, 0.3) is 11.3 Å². The number of rotatable bonds is 2. The van der Waals surface area contributed by atoms with E-state index in [1.54, 1.807) is 0 Å². The first kappa shape index (κ1) is 9.79. The Bertz CT molecular complexity index is 478. The molecule has 0 radical (unpaired) electrons. The van der Waals surface area contributed by atoms with Gasteiger partial charge in [-0.25, -0.2) is 4.98 Å². The van der Waals surface area contributed by atoms with Crippen LogP contribution in [0.4, 0.5) is 16.5 Å². The second-order valence-electron chi connectivity index (χ2n) is 3.12. The highest BCUT2D eigenvalue weighted by Gasteiger charge is 2.04. The Labute approximate surface area is 91.9 Å². The second-order valence-corrected chi connectivity index (χ2v) is 4.01. The van der Waals surface area contributed by atoms with Crippen molar-refractivity contribution >= 4 is 27.8 Å². The Balaban J connectivity index is 2.42. The normalized spacial score (nSPS) is 10.2. The predicted octanol–water partition coefficient (Wildman–Crippen LogP) is 2.02. The lowest BCUT2D eigenvalue weighted by Crippen LogP contribution is -1.95. The van der Waals surface area contributed by atoms with Crippen molar-refractivity contribution < 1.29 is 0 Å². The predicted molar refractivity (Wildman–Crippen MR) is 65.9 cm³/mol. The summed E-state index contributed by atoms with van der Waals surface area (Å²) in [5.41, 5.74) is 14.9. The van der Waals surface area contributed by atoms with E-state index in [1.165, 1.54) is 11.3 Å². The van der Waals surface area contributed by atoms with Crippen LogP contribution < -0.4 is 16.8 Å². The van der Waals surface area contributed by atoms with Gasteiger partial charge in [0, 0.05) is 18.0 Å². The largest absolute Gasteiger partial charge is 0.397 e. The molecule has 0 bridgehead atoms. The van der Waals surface area contributed by atoms with Crippen LogP contribution in [0.1, 0.15) is 0 Å². The first-order chi connectivity index (χ1) is 7.20. The lowest BCUT2D eigenvalue weighted by molar-refractivity contribution is 1.41. The Hall–Kier alpha value is -1.75. The molecule has 4 nitrogen and oxygen atoms in total. The van der Waals surface area contributed by atoms with Crippen molar-refractivity contribution in [3.63, 3.8) is 0 Å². The minimum Gasteiger partial charge on any atom is -0.397 e. The summed E-state index contributed by atoms with van der Waals surface area (Å²) < 4.78 is 0. The Kier molecular flexibility index (Phi) is 2.47. The molecule has 0 saturated heterocycles. The molecule has 1 aromatic carbocycles. The zero-order valence-corrected chi connectivity index (χ0v) is 9.14. The van der Waals surface area contributed by atoms with Gasteiger partial charge in [0.05, 0.1) is 17.1 Å². The molecule has 0 aliphatic heterocycles. The number of nitrogens with one attached hydrogen (secondary N) is 1. The lowest BCUT2D eigenvalue weighted by atomic mass is 10.1. The van der Waals surface area contributed by atoms with E-state index >= 15 is 0 Å². The van der Waals surface area contributed by atoms with E-state index in [4.69, 9.17) is 11.5 Å². The quantitative estimate of drug-likeness (QED) is 0.677. The maximum Gasteiger partial charge on any atom is 0.180 e. The molecule has 78 valence electrons. The van der Waals surface area contributed by atoms with Gasteiger partial charge in [0.1, 0.15) is 0 Å². The van der Waals surface area contributed by atoms with E-state index in [0.717, 1.165) is 16.9 Å². The molecule has 0 saturated carbocycles. The molecule has 2 rings (SSSR count). The molecule has 2 aromatic rings. The van der Waals surface area contributed by atoms with Gasteiger partial charge in [-0.1, -0.05) is 6.07 Å². The SMILES string of the molecule is CNc1ccc(-c2csc(N)n2)cc1N. The van der Waals surface area contributed by atoms with E-state index in [2.05, 4.69) is 10.3 Å².